The maximum absolute atomic E-state index is 13.7. The largest absolute Gasteiger partial charge is 0.282 e. The van der Waals surface area contributed by atoms with Crippen molar-refractivity contribution >= 4 is 44.0 Å². The van der Waals surface area contributed by atoms with Gasteiger partial charge in [-0.05, 0) is 37.5 Å². The summed E-state index contributed by atoms with van der Waals surface area (Å²) in [4.78, 5) is 41.2. The highest BCUT2D eigenvalue weighted by molar-refractivity contribution is 7.22. The van der Waals surface area contributed by atoms with Crippen LogP contribution < -0.4 is 4.90 Å². The Morgan fingerprint density at radius 3 is 2.31 bits per heavy atom. The number of benzene rings is 2. The minimum absolute atomic E-state index is 0.160. The number of para-hydroxylation sites is 1. The molecular weight excluding hydrogens is 484 g/mol. The predicted octanol–water partition coefficient (Wildman–Crippen LogP) is 5.40. The zero-order valence-electron chi connectivity index (χ0n) is 20.2. The third-order valence-electron chi connectivity index (χ3n) is 5.75. The molecule has 0 radical (unpaired) electrons. The highest BCUT2D eigenvalue weighted by atomic mass is 32.1. The van der Waals surface area contributed by atoms with E-state index in [4.69, 9.17) is 4.98 Å². The third-order valence-corrected chi connectivity index (χ3v) is 6.79. The Morgan fingerprint density at radius 2 is 1.75 bits per heavy atom. The number of nitro groups is 2. The van der Waals surface area contributed by atoms with Gasteiger partial charge in [0.15, 0.2) is 5.13 Å². The van der Waals surface area contributed by atoms with E-state index >= 15 is 0 Å². The second kappa shape index (κ2) is 9.82. The van der Waals surface area contributed by atoms with Gasteiger partial charge in [-0.2, -0.15) is 5.10 Å². The molecule has 0 N–H and O–H groups in total. The summed E-state index contributed by atoms with van der Waals surface area (Å²) in [6.45, 7) is 8.39. The van der Waals surface area contributed by atoms with Gasteiger partial charge in [0, 0.05) is 24.4 Å². The van der Waals surface area contributed by atoms with Gasteiger partial charge in [-0.3, -0.25) is 34.6 Å². The summed E-state index contributed by atoms with van der Waals surface area (Å²) in [5.41, 5.74) is 2.34. The number of carbonyl (C=O) groups excluding carboxylic acids is 1. The van der Waals surface area contributed by atoms with Crippen molar-refractivity contribution in [2.45, 2.75) is 40.2 Å². The van der Waals surface area contributed by atoms with E-state index in [0.717, 1.165) is 45.4 Å². The number of rotatable bonds is 8. The zero-order chi connectivity index (χ0) is 26.1. The molecule has 186 valence electrons. The Balaban J connectivity index is 1.81. The number of hydrogen-bond acceptors (Lipinski definition) is 8. The molecule has 0 fully saturated rings. The van der Waals surface area contributed by atoms with Crippen LogP contribution in [0.4, 0.5) is 16.5 Å². The van der Waals surface area contributed by atoms with Crippen molar-refractivity contribution in [1.82, 2.24) is 14.8 Å². The molecule has 11 nitrogen and oxygen atoms in total. The standard InChI is InChI=1S/C24H24N6O5S/c1-14(2)20-6-5-7-21-22(20)25-24(36-21)27(8-9-28-16(4)10-15(3)26-28)23(31)17-11-18(29(32)33)13-19(12-17)30(34)35/h5-7,10-14H,8-9H2,1-4H3. The van der Waals surface area contributed by atoms with E-state index in [-0.39, 0.29) is 18.0 Å². The SMILES string of the molecule is Cc1cc(C)n(CCN(C(=O)c2cc([N+](=O)[O-])cc([N+](=O)[O-])c2)c2nc3c(C(C)C)cccc3s2)n1. The molecule has 0 saturated carbocycles. The van der Waals surface area contributed by atoms with Crippen LogP contribution in [0.25, 0.3) is 10.2 Å². The first kappa shape index (κ1) is 24.9. The van der Waals surface area contributed by atoms with E-state index in [1.165, 1.54) is 16.2 Å². The number of aryl methyl sites for hydroxylation is 2. The molecular formula is C24H24N6O5S. The summed E-state index contributed by atoms with van der Waals surface area (Å²) < 4.78 is 2.66. The average molecular weight is 509 g/mol. The van der Waals surface area contributed by atoms with E-state index in [0.29, 0.717) is 11.7 Å². The fraction of sp³-hybridized carbons (Fsp3) is 0.292. The fourth-order valence-electron chi connectivity index (χ4n) is 4.00. The first-order chi connectivity index (χ1) is 17.0. The lowest BCUT2D eigenvalue weighted by atomic mass is 10.0. The van der Waals surface area contributed by atoms with Crippen LogP contribution in [-0.2, 0) is 6.54 Å². The second-order valence-electron chi connectivity index (χ2n) is 8.70. The maximum Gasteiger partial charge on any atom is 0.277 e. The Morgan fingerprint density at radius 1 is 1.08 bits per heavy atom. The summed E-state index contributed by atoms with van der Waals surface area (Å²) in [5.74, 6) is -0.407. The Labute approximate surface area is 210 Å². The minimum atomic E-state index is -0.753. The lowest BCUT2D eigenvalue weighted by Crippen LogP contribution is -2.34. The van der Waals surface area contributed by atoms with Crippen LogP contribution >= 0.6 is 11.3 Å². The normalized spacial score (nSPS) is 11.2. The van der Waals surface area contributed by atoms with E-state index in [2.05, 4.69) is 18.9 Å². The molecule has 2 aromatic carbocycles. The molecule has 2 aromatic heterocycles. The van der Waals surface area contributed by atoms with Crippen LogP contribution in [0.5, 0.6) is 0 Å². The number of anilines is 1. The van der Waals surface area contributed by atoms with Gasteiger partial charge >= 0.3 is 0 Å². The molecule has 2 heterocycles. The molecule has 1 amide bonds. The summed E-state index contributed by atoms with van der Waals surface area (Å²) in [5, 5.41) is 27.6. The Kier molecular flexibility index (Phi) is 6.80. The number of aromatic nitrogens is 3. The van der Waals surface area contributed by atoms with Crippen molar-refractivity contribution in [2.75, 3.05) is 11.4 Å². The van der Waals surface area contributed by atoms with E-state index in [1.807, 2.05) is 38.1 Å². The molecule has 0 saturated heterocycles. The van der Waals surface area contributed by atoms with Gasteiger partial charge in [0.1, 0.15) is 0 Å². The van der Waals surface area contributed by atoms with Crippen LogP contribution in [0.3, 0.4) is 0 Å². The summed E-state index contributed by atoms with van der Waals surface area (Å²) >= 11 is 1.32. The van der Waals surface area contributed by atoms with Crippen LogP contribution in [0.15, 0.2) is 42.5 Å². The first-order valence-corrected chi connectivity index (χ1v) is 12.0. The number of carbonyl (C=O) groups is 1. The van der Waals surface area contributed by atoms with E-state index in [1.54, 1.807) is 4.68 Å². The molecule has 4 aromatic rings. The van der Waals surface area contributed by atoms with E-state index in [9.17, 15) is 25.0 Å². The number of nitrogens with zero attached hydrogens (tertiary/aromatic N) is 6. The topological polar surface area (TPSA) is 137 Å². The van der Waals surface area contributed by atoms with Crippen LogP contribution in [-0.4, -0.2) is 37.1 Å². The maximum atomic E-state index is 13.7. The highest BCUT2D eigenvalue weighted by Crippen LogP contribution is 2.34. The van der Waals surface area contributed by atoms with Gasteiger partial charge < -0.3 is 0 Å². The summed E-state index contributed by atoms with van der Waals surface area (Å²) in [6.07, 6.45) is 0. The number of amides is 1. The molecule has 0 bridgehead atoms. The lowest BCUT2D eigenvalue weighted by Gasteiger charge is -2.20. The summed E-state index contributed by atoms with van der Waals surface area (Å²) in [6, 6.07) is 10.7. The smallest absolute Gasteiger partial charge is 0.277 e. The predicted molar refractivity (Wildman–Crippen MR) is 137 cm³/mol. The van der Waals surface area contributed by atoms with E-state index < -0.39 is 27.1 Å². The first-order valence-electron chi connectivity index (χ1n) is 11.2. The molecule has 0 aliphatic carbocycles. The summed E-state index contributed by atoms with van der Waals surface area (Å²) in [7, 11) is 0. The number of fused-ring (bicyclic) bond motifs is 1. The lowest BCUT2D eigenvalue weighted by molar-refractivity contribution is -0.394. The van der Waals surface area contributed by atoms with Crippen molar-refractivity contribution in [3.8, 4) is 0 Å². The van der Waals surface area contributed by atoms with Crippen molar-refractivity contribution in [3.05, 3.63) is 85.2 Å². The van der Waals surface area contributed by atoms with Crippen molar-refractivity contribution in [3.63, 3.8) is 0 Å². The number of hydrogen-bond donors (Lipinski definition) is 0. The van der Waals surface area contributed by atoms with Gasteiger partial charge in [-0.15, -0.1) is 0 Å². The van der Waals surface area contributed by atoms with Crippen LogP contribution in [0.2, 0.25) is 0 Å². The molecule has 0 spiro atoms. The number of nitro benzene ring substituents is 2. The fourth-order valence-corrected chi connectivity index (χ4v) is 5.03. The van der Waals surface area contributed by atoms with Gasteiger partial charge in [-0.25, -0.2) is 4.98 Å². The monoisotopic (exact) mass is 508 g/mol. The molecule has 0 aliphatic rings. The average Bonchev–Trinajstić information content (AvgIpc) is 3.40. The molecule has 12 heteroatoms. The molecule has 0 aliphatic heterocycles. The number of non-ortho nitro benzene ring substituents is 2. The molecule has 36 heavy (non-hydrogen) atoms. The minimum Gasteiger partial charge on any atom is -0.282 e. The third kappa shape index (κ3) is 4.93. The van der Waals surface area contributed by atoms with Crippen LogP contribution in [0.1, 0.15) is 47.1 Å². The van der Waals surface area contributed by atoms with Crippen molar-refractivity contribution in [2.24, 2.45) is 0 Å². The van der Waals surface area contributed by atoms with Crippen molar-refractivity contribution < 1.29 is 14.6 Å². The second-order valence-corrected chi connectivity index (χ2v) is 9.71. The van der Waals surface area contributed by atoms with Gasteiger partial charge in [0.25, 0.3) is 17.3 Å². The molecule has 0 unspecified atom stereocenters. The molecule has 4 rings (SSSR count). The van der Waals surface area contributed by atoms with Crippen LogP contribution in [0, 0.1) is 34.1 Å². The van der Waals surface area contributed by atoms with Gasteiger partial charge in [-0.1, -0.05) is 37.3 Å². The Bertz CT molecular complexity index is 1460. The quantitative estimate of drug-likeness (QED) is 0.229. The van der Waals surface area contributed by atoms with Gasteiger partial charge in [0.2, 0.25) is 0 Å². The van der Waals surface area contributed by atoms with Gasteiger partial charge in [0.05, 0.1) is 43.9 Å². The number of thiazole rings is 1. The zero-order valence-corrected chi connectivity index (χ0v) is 21.0. The van der Waals surface area contributed by atoms with Crippen molar-refractivity contribution in [1.29, 1.82) is 0 Å². The highest BCUT2D eigenvalue weighted by Gasteiger charge is 2.27. The Hall–Kier alpha value is -4.19. The molecule has 0 atom stereocenters.